The highest BCUT2D eigenvalue weighted by Gasteiger charge is 2.23. The van der Waals surface area contributed by atoms with Gasteiger partial charge < -0.3 is 10.2 Å². The van der Waals surface area contributed by atoms with Crippen molar-refractivity contribution in [3.05, 3.63) is 52.3 Å². The maximum Gasteiger partial charge on any atom is 0.0926 e. The van der Waals surface area contributed by atoms with Gasteiger partial charge >= 0.3 is 0 Å². The number of aryl methyl sites for hydroxylation is 2. The number of hydrogen-bond acceptors (Lipinski definition) is 4. The minimum Gasteiger partial charge on any atom is -0.390 e. The molecule has 25 heavy (non-hydrogen) atoms. The van der Waals surface area contributed by atoms with Gasteiger partial charge in [0, 0.05) is 44.4 Å². The lowest BCUT2D eigenvalue weighted by atomic mass is 9.98. The molecule has 0 radical (unpaired) electrons. The van der Waals surface area contributed by atoms with Crippen molar-refractivity contribution >= 4 is 0 Å². The molecule has 2 aromatic rings. The molecule has 0 atom stereocenters. The van der Waals surface area contributed by atoms with Gasteiger partial charge in [0.2, 0.25) is 0 Å². The van der Waals surface area contributed by atoms with Crippen molar-refractivity contribution in [3.8, 4) is 0 Å². The average molecular weight is 343 g/mol. The summed E-state index contributed by atoms with van der Waals surface area (Å²) in [5, 5.41) is 23.8. The normalized spacial score (nSPS) is 15.4. The van der Waals surface area contributed by atoms with E-state index in [-0.39, 0.29) is 6.61 Å². The van der Waals surface area contributed by atoms with Crippen LogP contribution in [0.25, 0.3) is 0 Å². The van der Waals surface area contributed by atoms with Crippen molar-refractivity contribution in [2.75, 3.05) is 6.54 Å². The molecule has 5 heteroatoms. The Kier molecular flexibility index (Phi) is 5.27. The van der Waals surface area contributed by atoms with Crippen LogP contribution in [0.15, 0.2) is 24.3 Å². The van der Waals surface area contributed by atoms with E-state index in [1.165, 1.54) is 22.4 Å². The van der Waals surface area contributed by atoms with Gasteiger partial charge in [0.1, 0.15) is 0 Å². The van der Waals surface area contributed by atoms with Gasteiger partial charge in [-0.25, -0.2) is 0 Å². The third kappa shape index (κ3) is 4.48. The molecular formula is C20H29N3O2. The highest BCUT2D eigenvalue weighted by molar-refractivity contribution is 5.29. The second kappa shape index (κ2) is 7.28. The Morgan fingerprint density at radius 1 is 1.16 bits per heavy atom. The molecule has 3 rings (SSSR count). The van der Waals surface area contributed by atoms with Gasteiger partial charge in [-0.3, -0.25) is 9.58 Å². The Hall–Kier alpha value is -1.69. The SMILES string of the molecule is Cn1nc(CO)c2c1CCN(Cc1ccc(CCC(C)(C)O)cc1)C2. The van der Waals surface area contributed by atoms with E-state index in [0.29, 0.717) is 0 Å². The van der Waals surface area contributed by atoms with Gasteiger partial charge in [-0.05, 0) is 37.8 Å². The quantitative estimate of drug-likeness (QED) is 0.844. The Morgan fingerprint density at radius 2 is 1.84 bits per heavy atom. The first-order chi connectivity index (χ1) is 11.9. The standard InChI is InChI=1S/C20H29N3O2/c1-20(2,25)10-8-15-4-6-16(7-5-15)12-23-11-9-19-17(13-23)18(14-24)21-22(19)3/h4-7,24-25H,8-14H2,1-3H3. The lowest BCUT2D eigenvalue weighted by Gasteiger charge is -2.27. The monoisotopic (exact) mass is 343 g/mol. The van der Waals surface area contributed by atoms with Crippen LogP contribution in [0.3, 0.4) is 0 Å². The van der Waals surface area contributed by atoms with Crippen LogP contribution in [0.4, 0.5) is 0 Å². The van der Waals surface area contributed by atoms with Gasteiger partial charge in [-0.2, -0.15) is 5.10 Å². The van der Waals surface area contributed by atoms with E-state index >= 15 is 0 Å². The molecule has 0 amide bonds. The Morgan fingerprint density at radius 3 is 2.48 bits per heavy atom. The maximum absolute atomic E-state index is 9.84. The average Bonchev–Trinajstić information content (AvgIpc) is 2.89. The second-order valence-corrected chi connectivity index (χ2v) is 7.74. The first kappa shape index (κ1) is 18.1. The van der Waals surface area contributed by atoms with Gasteiger partial charge in [0.05, 0.1) is 17.9 Å². The van der Waals surface area contributed by atoms with E-state index < -0.39 is 5.60 Å². The van der Waals surface area contributed by atoms with Crippen molar-refractivity contribution in [2.24, 2.45) is 7.05 Å². The van der Waals surface area contributed by atoms with Crippen LogP contribution in [-0.2, 0) is 39.6 Å². The summed E-state index contributed by atoms with van der Waals surface area (Å²) in [5.41, 5.74) is 5.20. The Labute approximate surface area is 149 Å². The number of fused-ring (bicyclic) bond motifs is 1. The van der Waals surface area contributed by atoms with E-state index in [0.717, 1.165) is 44.6 Å². The predicted octanol–water partition coefficient (Wildman–Crippen LogP) is 2.17. The van der Waals surface area contributed by atoms with Crippen LogP contribution in [0.1, 0.15) is 48.3 Å². The zero-order valence-electron chi connectivity index (χ0n) is 15.5. The summed E-state index contributed by atoms with van der Waals surface area (Å²) >= 11 is 0. The lowest BCUT2D eigenvalue weighted by molar-refractivity contribution is 0.0714. The van der Waals surface area contributed by atoms with Gasteiger partial charge in [-0.15, -0.1) is 0 Å². The number of hydrogen-bond donors (Lipinski definition) is 2. The summed E-state index contributed by atoms with van der Waals surface area (Å²) in [5.74, 6) is 0. The molecule has 1 aromatic heterocycles. The second-order valence-electron chi connectivity index (χ2n) is 7.74. The fourth-order valence-corrected chi connectivity index (χ4v) is 3.51. The summed E-state index contributed by atoms with van der Waals surface area (Å²) in [6.45, 7) is 6.48. The fourth-order valence-electron chi connectivity index (χ4n) is 3.51. The molecule has 2 heterocycles. The molecule has 0 unspecified atom stereocenters. The first-order valence-electron chi connectivity index (χ1n) is 9.03. The van der Waals surface area contributed by atoms with Crippen LogP contribution in [0.5, 0.6) is 0 Å². The van der Waals surface area contributed by atoms with Crippen LogP contribution in [0.2, 0.25) is 0 Å². The summed E-state index contributed by atoms with van der Waals surface area (Å²) in [6, 6.07) is 8.70. The van der Waals surface area contributed by atoms with Crippen LogP contribution in [0, 0.1) is 0 Å². The van der Waals surface area contributed by atoms with Crippen molar-refractivity contribution in [1.82, 2.24) is 14.7 Å². The molecule has 0 bridgehead atoms. The van der Waals surface area contributed by atoms with Gasteiger partial charge in [0.15, 0.2) is 0 Å². The van der Waals surface area contributed by atoms with Crippen LogP contribution < -0.4 is 0 Å². The molecule has 0 spiro atoms. The molecule has 5 nitrogen and oxygen atoms in total. The smallest absolute Gasteiger partial charge is 0.0926 e. The zero-order valence-corrected chi connectivity index (χ0v) is 15.5. The Balaban J connectivity index is 1.61. The van der Waals surface area contributed by atoms with Gasteiger partial charge in [0.25, 0.3) is 0 Å². The van der Waals surface area contributed by atoms with E-state index in [4.69, 9.17) is 0 Å². The zero-order chi connectivity index (χ0) is 18.0. The predicted molar refractivity (Wildman–Crippen MR) is 98.0 cm³/mol. The molecule has 0 saturated carbocycles. The van der Waals surface area contributed by atoms with E-state index in [1.54, 1.807) is 0 Å². The molecule has 0 aliphatic carbocycles. The fraction of sp³-hybridized carbons (Fsp3) is 0.550. The number of benzene rings is 1. The first-order valence-corrected chi connectivity index (χ1v) is 9.03. The summed E-state index contributed by atoms with van der Waals surface area (Å²) in [7, 11) is 1.96. The number of aliphatic hydroxyl groups is 2. The van der Waals surface area contributed by atoms with E-state index in [2.05, 4.69) is 34.3 Å². The van der Waals surface area contributed by atoms with Gasteiger partial charge in [-0.1, -0.05) is 24.3 Å². The molecule has 1 aliphatic rings. The molecule has 1 aliphatic heterocycles. The van der Waals surface area contributed by atoms with Crippen molar-refractivity contribution in [1.29, 1.82) is 0 Å². The summed E-state index contributed by atoms with van der Waals surface area (Å²) in [4.78, 5) is 2.41. The summed E-state index contributed by atoms with van der Waals surface area (Å²) in [6.07, 6.45) is 2.64. The van der Waals surface area contributed by atoms with Crippen LogP contribution in [-0.4, -0.2) is 37.0 Å². The topological polar surface area (TPSA) is 61.5 Å². The number of aliphatic hydroxyl groups excluding tert-OH is 1. The van der Waals surface area contributed by atoms with Crippen LogP contribution >= 0.6 is 0 Å². The number of aromatic nitrogens is 2. The van der Waals surface area contributed by atoms with E-state index in [9.17, 15) is 10.2 Å². The molecule has 2 N–H and O–H groups in total. The van der Waals surface area contributed by atoms with Crippen molar-refractivity contribution < 1.29 is 10.2 Å². The third-order valence-corrected chi connectivity index (χ3v) is 5.01. The number of rotatable bonds is 6. The largest absolute Gasteiger partial charge is 0.390 e. The highest BCUT2D eigenvalue weighted by atomic mass is 16.3. The highest BCUT2D eigenvalue weighted by Crippen LogP contribution is 2.23. The minimum absolute atomic E-state index is 0.00686. The third-order valence-electron chi connectivity index (χ3n) is 5.01. The molecule has 136 valence electrons. The lowest BCUT2D eigenvalue weighted by Crippen LogP contribution is -2.30. The number of nitrogens with zero attached hydrogens (tertiary/aromatic N) is 3. The molecule has 1 aromatic carbocycles. The van der Waals surface area contributed by atoms with Crippen molar-refractivity contribution in [3.63, 3.8) is 0 Å². The molecule has 0 fully saturated rings. The molecule has 0 saturated heterocycles. The van der Waals surface area contributed by atoms with E-state index in [1.807, 2.05) is 25.6 Å². The Bertz CT molecular complexity index is 714. The summed E-state index contributed by atoms with van der Waals surface area (Å²) < 4.78 is 1.91. The minimum atomic E-state index is -0.613. The molecular weight excluding hydrogens is 314 g/mol. The van der Waals surface area contributed by atoms with Crippen molar-refractivity contribution in [2.45, 2.75) is 58.4 Å². The maximum atomic E-state index is 9.84.